The Bertz CT molecular complexity index is 222. The molecule has 4 heteroatoms. The molecule has 10 heavy (non-hydrogen) atoms. The summed E-state index contributed by atoms with van der Waals surface area (Å²) in [4.78, 5) is 0. The number of methoxy groups -OCH3 is 1. The van der Waals surface area contributed by atoms with Crippen molar-refractivity contribution in [3.63, 3.8) is 0 Å². The quantitative estimate of drug-likeness (QED) is 0.655. The van der Waals surface area contributed by atoms with Crippen molar-refractivity contribution < 1.29 is 4.74 Å². The molecule has 0 aromatic carbocycles. The molecule has 0 N–H and O–H groups in total. The lowest BCUT2D eigenvalue weighted by Crippen LogP contribution is -2.03. The van der Waals surface area contributed by atoms with Crippen LogP contribution in [0, 0.1) is 6.92 Å². The van der Waals surface area contributed by atoms with Crippen LogP contribution in [0.15, 0.2) is 6.20 Å². The first-order valence-corrected chi connectivity index (χ1v) is 3.30. The second kappa shape index (κ2) is 3.03. The highest BCUT2D eigenvalue weighted by Crippen LogP contribution is 2.12. The van der Waals surface area contributed by atoms with E-state index in [0.29, 0.717) is 11.8 Å². The molecule has 0 aliphatic rings. The highest BCUT2D eigenvalue weighted by atomic mass is 35.5. The zero-order valence-corrected chi connectivity index (χ0v) is 6.72. The number of halogens is 1. The van der Waals surface area contributed by atoms with Gasteiger partial charge >= 0.3 is 0 Å². The van der Waals surface area contributed by atoms with E-state index in [1.807, 2.05) is 6.92 Å². The lowest BCUT2D eigenvalue weighted by Gasteiger charge is -2.00. The van der Waals surface area contributed by atoms with Gasteiger partial charge in [0.15, 0.2) is 0 Å². The molecule has 0 bridgehead atoms. The van der Waals surface area contributed by atoms with Crippen LogP contribution in [-0.4, -0.2) is 16.9 Å². The number of ether oxygens (including phenoxy) is 1. The van der Waals surface area contributed by atoms with Crippen molar-refractivity contribution in [2.45, 2.75) is 13.7 Å². The van der Waals surface area contributed by atoms with Crippen LogP contribution in [0.1, 0.15) is 5.69 Å². The zero-order chi connectivity index (χ0) is 7.56. The van der Waals surface area contributed by atoms with Crippen molar-refractivity contribution in [1.82, 2.24) is 9.78 Å². The molecule has 1 heterocycles. The molecule has 1 aromatic rings. The minimum absolute atomic E-state index is 0.457. The molecule has 0 saturated heterocycles. The highest BCUT2D eigenvalue weighted by Gasteiger charge is 2.01. The van der Waals surface area contributed by atoms with Crippen LogP contribution < -0.4 is 0 Å². The first-order chi connectivity index (χ1) is 4.75. The Morgan fingerprint density at radius 2 is 2.50 bits per heavy atom. The fourth-order valence-electron chi connectivity index (χ4n) is 0.676. The molecule has 0 amide bonds. The zero-order valence-electron chi connectivity index (χ0n) is 5.97. The van der Waals surface area contributed by atoms with Crippen LogP contribution in [0.2, 0.25) is 5.02 Å². The van der Waals surface area contributed by atoms with Crippen molar-refractivity contribution in [3.05, 3.63) is 16.9 Å². The van der Waals surface area contributed by atoms with Crippen LogP contribution in [-0.2, 0) is 11.5 Å². The summed E-state index contributed by atoms with van der Waals surface area (Å²) in [6.07, 6.45) is 1.61. The van der Waals surface area contributed by atoms with Crippen LogP contribution >= 0.6 is 11.6 Å². The first-order valence-electron chi connectivity index (χ1n) is 2.92. The van der Waals surface area contributed by atoms with Gasteiger partial charge < -0.3 is 4.74 Å². The van der Waals surface area contributed by atoms with Crippen LogP contribution in [0.3, 0.4) is 0 Å². The summed E-state index contributed by atoms with van der Waals surface area (Å²) in [5, 5.41) is 4.64. The lowest BCUT2D eigenvalue weighted by molar-refractivity contribution is 0.119. The predicted octanol–water partition coefficient (Wildman–Crippen LogP) is 1.45. The number of rotatable bonds is 2. The van der Waals surface area contributed by atoms with Crippen molar-refractivity contribution >= 4 is 11.6 Å². The summed E-state index contributed by atoms with van der Waals surface area (Å²) >= 11 is 5.73. The SMILES string of the molecule is COCn1ncc(Cl)c1C. The van der Waals surface area contributed by atoms with Gasteiger partial charge in [0.05, 0.1) is 16.9 Å². The van der Waals surface area contributed by atoms with E-state index in [1.165, 1.54) is 0 Å². The molecule has 3 nitrogen and oxygen atoms in total. The second-order valence-electron chi connectivity index (χ2n) is 2.00. The average molecular weight is 161 g/mol. The molecular weight excluding hydrogens is 152 g/mol. The number of aromatic nitrogens is 2. The Morgan fingerprint density at radius 1 is 1.80 bits per heavy atom. The lowest BCUT2D eigenvalue weighted by atomic mass is 10.5. The van der Waals surface area contributed by atoms with E-state index in [2.05, 4.69) is 5.10 Å². The molecular formula is C6H9ClN2O. The fraction of sp³-hybridized carbons (Fsp3) is 0.500. The summed E-state index contributed by atoms with van der Waals surface area (Å²) in [5.41, 5.74) is 0.934. The molecule has 0 saturated carbocycles. The molecule has 0 unspecified atom stereocenters. The van der Waals surface area contributed by atoms with Gasteiger partial charge in [0.2, 0.25) is 0 Å². The van der Waals surface area contributed by atoms with E-state index in [1.54, 1.807) is 18.0 Å². The van der Waals surface area contributed by atoms with Crippen LogP contribution in [0.25, 0.3) is 0 Å². The van der Waals surface area contributed by atoms with Gasteiger partial charge in [0.1, 0.15) is 6.73 Å². The highest BCUT2D eigenvalue weighted by molar-refractivity contribution is 6.31. The summed E-state index contributed by atoms with van der Waals surface area (Å²) in [6.45, 7) is 2.35. The van der Waals surface area contributed by atoms with Crippen LogP contribution in [0.4, 0.5) is 0 Å². The van der Waals surface area contributed by atoms with E-state index in [-0.39, 0.29) is 0 Å². The van der Waals surface area contributed by atoms with Crippen molar-refractivity contribution in [2.75, 3.05) is 7.11 Å². The van der Waals surface area contributed by atoms with Crippen LogP contribution in [0.5, 0.6) is 0 Å². The van der Waals surface area contributed by atoms with E-state index in [9.17, 15) is 0 Å². The van der Waals surface area contributed by atoms with Gasteiger partial charge in [-0.1, -0.05) is 11.6 Å². The van der Waals surface area contributed by atoms with E-state index < -0.39 is 0 Å². The van der Waals surface area contributed by atoms with E-state index in [4.69, 9.17) is 16.3 Å². The third-order valence-corrected chi connectivity index (χ3v) is 1.67. The monoisotopic (exact) mass is 160 g/mol. The minimum atomic E-state index is 0.457. The summed E-state index contributed by atoms with van der Waals surface area (Å²) in [5.74, 6) is 0. The third kappa shape index (κ3) is 1.30. The van der Waals surface area contributed by atoms with Crippen molar-refractivity contribution in [2.24, 2.45) is 0 Å². The molecule has 0 spiro atoms. The van der Waals surface area contributed by atoms with E-state index >= 15 is 0 Å². The summed E-state index contributed by atoms with van der Waals surface area (Å²) < 4.78 is 6.56. The normalized spacial score (nSPS) is 10.3. The van der Waals surface area contributed by atoms with E-state index in [0.717, 1.165) is 5.69 Å². The molecule has 1 aromatic heterocycles. The molecule has 0 radical (unpaired) electrons. The molecule has 0 aliphatic heterocycles. The second-order valence-corrected chi connectivity index (χ2v) is 2.40. The third-order valence-electron chi connectivity index (χ3n) is 1.29. The maximum atomic E-state index is 5.73. The van der Waals surface area contributed by atoms with Gasteiger partial charge in [0.25, 0.3) is 0 Å². The van der Waals surface area contributed by atoms with Gasteiger partial charge in [-0.05, 0) is 6.92 Å². The average Bonchev–Trinajstić information content (AvgIpc) is 2.20. The smallest absolute Gasteiger partial charge is 0.139 e. The molecule has 0 aliphatic carbocycles. The van der Waals surface area contributed by atoms with Gasteiger partial charge in [-0.2, -0.15) is 5.10 Å². The largest absolute Gasteiger partial charge is 0.362 e. The molecule has 1 rings (SSSR count). The maximum absolute atomic E-state index is 5.73. The van der Waals surface area contributed by atoms with Gasteiger partial charge in [0, 0.05) is 7.11 Å². The summed E-state index contributed by atoms with van der Waals surface area (Å²) in [7, 11) is 1.62. The van der Waals surface area contributed by atoms with Crippen molar-refractivity contribution in [1.29, 1.82) is 0 Å². The van der Waals surface area contributed by atoms with Crippen molar-refractivity contribution in [3.8, 4) is 0 Å². The molecule has 0 atom stereocenters. The van der Waals surface area contributed by atoms with Gasteiger partial charge in [-0.25, -0.2) is 4.68 Å². The minimum Gasteiger partial charge on any atom is -0.362 e. The van der Waals surface area contributed by atoms with Gasteiger partial charge in [-0.3, -0.25) is 0 Å². The van der Waals surface area contributed by atoms with Gasteiger partial charge in [-0.15, -0.1) is 0 Å². The summed E-state index contributed by atoms with van der Waals surface area (Å²) in [6, 6.07) is 0. The Hall–Kier alpha value is -0.540. The topological polar surface area (TPSA) is 27.1 Å². The Morgan fingerprint density at radius 3 is 2.90 bits per heavy atom. The number of hydrogen-bond donors (Lipinski definition) is 0. The number of hydrogen-bond acceptors (Lipinski definition) is 2. The first kappa shape index (κ1) is 7.57. The Labute approximate surface area is 64.6 Å². The predicted molar refractivity (Wildman–Crippen MR) is 39.0 cm³/mol. The molecule has 0 fully saturated rings. The molecule has 56 valence electrons. The Kier molecular flexibility index (Phi) is 2.29. The standard InChI is InChI=1S/C6H9ClN2O/c1-5-6(7)3-8-9(5)4-10-2/h3H,4H2,1-2H3. The maximum Gasteiger partial charge on any atom is 0.139 e. The fourth-order valence-corrected chi connectivity index (χ4v) is 0.817. The number of nitrogens with zero attached hydrogens (tertiary/aromatic N) is 2. The Balaban J connectivity index is 2.83.